The molecular weight excluding hydrogens is 436 g/mol. The highest BCUT2D eigenvalue weighted by Gasteiger charge is 2.55. The Kier molecular flexibility index (Phi) is 6.08. The van der Waals surface area contributed by atoms with Crippen LogP contribution in [0, 0.1) is 17.8 Å². The number of primary amides is 1. The first-order valence-electron chi connectivity index (χ1n) is 11.6. The van der Waals surface area contributed by atoms with Crippen molar-refractivity contribution in [3.63, 3.8) is 0 Å². The minimum atomic E-state index is -1.94. The maximum atomic E-state index is 13.7. The summed E-state index contributed by atoms with van der Waals surface area (Å²) in [6, 6.07) is 1.91. The lowest BCUT2D eigenvalue weighted by molar-refractivity contribution is -0.119. The van der Waals surface area contributed by atoms with Crippen molar-refractivity contribution in [2.24, 2.45) is 23.5 Å². The van der Waals surface area contributed by atoms with Gasteiger partial charge in [-0.3, -0.25) is 9.59 Å². The number of fused-ring (bicyclic) bond motifs is 3. The zero-order valence-corrected chi connectivity index (χ0v) is 19.5. The van der Waals surface area contributed by atoms with Crippen LogP contribution in [-0.2, 0) is 24.2 Å². The van der Waals surface area contributed by atoms with E-state index in [0.29, 0.717) is 37.9 Å². The molecule has 0 saturated heterocycles. The first kappa shape index (κ1) is 24.0. The number of phenols is 1. The number of aromatic hydroxyl groups is 1. The molecular formula is C26H32N2O6. The first-order valence-corrected chi connectivity index (χ1v) is 11.6. The number of carbonyl (C=O) groups excluding carboxylic acids is 2. The van der Waals surface area contributed by atoms with E-state index in [1.807, 2.05) is 13.0 Å². The molecule has 0 bridgehead atoms. The second-order valence-corrected chi connectivity index (χ2v) is 9.71. The molecule has 0 aliphatic heterocycles. The van der Waals surface area contributed by atoms with Crippen LogP contribution in [-0.4, -0.2) is 44.3 Å². The van der Waals surface area contributed by atoms with Gasteiger partial charge in [-0.25, -0.2) is 0 Å². The topological polar surface area (TPSA) is 153 Å². The number of amides is 1. The summed E-state index contributed by atoms with van der Waals surface area (Å²) in [4.78, 5) is 25.7. The van der Waals surface area contributed by atoms with E-state index in [1.54, 1.807) is 6.08 Å². The number of aryl methyl sites for hydroxylation is 1. The van der Waals surface area contributed by atoms with Gasteiger partial charge < -0.3 is 31.5 Å². The van der Waals surface area contributed by atoms with Gasteiger partial charge in [0.05, 0.1) is 17.1 Å². The van der Waals surface area contributed by atoms with Crippen molar-refractivity contribution in [3.05, 3.63) is 63.6 Å². The summed E-state index contributed by atoms with van der Waals surface area (Å²) in [7, 11) is 0. The fourth-order valence-electron chi connectivity index (χ4n) is 6.27. The zero-order chi connectivity index (χ0) is 24.9. The minimum Gasteiger partial charge on any atom is -0.512 e. The molecule has 4 unspecified atom stereocenters. The summed E-state index contributed by atoms with van der Waals surface area (Å²) in [5, 5.41) is 47.2. The fraction of sp³-hybridized carbons (Fsp3) is 0.462. The fourth-order valence-corrected chi connectivity index (χ4v) is 6.27. The molecule has 34 heavy (non-hydrogen) atoms. The van der Waals surface area contributed by atoms with Gasteiger partial charge in [0.1, 0.15) is 22.9 Å². The first-order chi connectivity index (χ1) is 16.0. The molecule has 0 spiro atoms. The Hall–Kier alpha value is -3.10. The molecule has 0 heterocycles. The number of carbonyl (C=O) groups is 2. The number of phenolic OH excluding ortho intramolecular Hbond substituents is 1. The lowest BCUT2D eigenvalue weighted by Gasteiger charge is -2.48. The summed E-state index contributed by atoms with van der Waals surface area (Å²) in [5.41, 5.74) is 5.82. The number of aliphatic hydroxyl groups is 3. The highest BCUT2D eigenvalue weighted by molar-refractivity contribution is 6.13. The Balaban J connectivity index is 1.84. The predicted octanol–water partition coefficient (Wildman–Crippen LogP) is 2.49. The quantitative estimate of drug-likeness (QED) is 0.277. The normalized spacial score (nSPS) is 28.3. The molecule has 0 fully saturated rings. The van der Waals surface area contributed by atoms with Crippen LogP contribution in [0.25, 0.3) is 0 Å². The lowest BCUT2D eigenvalue weighted by atomic mass is 9.58. The molecule has 0 aromatic heterocycles. The van der Waals surface area contributed by atoms with E-state index >= 15 is 0 Å². The van der Waals surface area contributed by atoms with Crippen LogP contribution in [0.4, 0.5) is 0 Å². The maximum absolute atomic E-state index is 13.7. The molecule has 1 amide bonds. The Labute approximate surface area is 198 Å². The highest BCUT2D eigenvalue weighted by atomic mass is 16.3. The number of Topliss-reactive ketones (excluding diaryl/α,β-unsaturated/α-hetero) is 1. The van der Waals surface area contributed by atoms with Crippen LogP contribution in [0.2, 0.25) is 0 Å². The highest BCUT2D eigenvalue weighted by Crippen LogP contribution is 2.54. The third kappa shape index (κ3) is 3.52. The largest absolute Gasteiger partial charge is 0.512 e. The van der Waals surface area contributed by atoms with E-state index in [9.17, 15) is 30.0 Å². The number of hydrogen-bond acceptors (Lipinski definition) is 7. The van der Waals surface area contributed by atoms with Crippen molar-refractivity contribution in [2.75, 3.05) is 6.54 Å². The van der Waals surface area contributed by atoms with E-state index in [1.165, 1.54) is 6.92 Å². The van der Waals surface area contributed by atoms with Crippen LogP contribution in [0.15, 0.2) is 41.4 Å². The molecule has 1 aromatic rings. The number of benzene rings is 1. The molecule has 182 valence electrons. The number of nitrogens with two attached hydrogens (primary N) is 1. The Morgan fingerprint density at radius 3 is 2.62 bits per heavy atom. The second kappa shape index (κ2) is 8.60. The second-order valence-electron chi connectivity index (χ2n) is 9.71. The Morgan fingerprint density at radius 2 is 2.00 bits per heavy atom. The molecule has 1 aromatic carbocycles. The number of ketones is 1. The van der Waals surface area contributed by atoms with Crippen molar-refractivity contribution in [1.29, 1.82) is 0 Å². The number of aliphatic hydroxyl groups excluding tert-OH is 2. The minimum absolute atomic E-state index is 0.0772. The average Bonchev–Trinajstić information content (AvgIpc) is 2.73. The molecule has 3 aliphatic rings. The third-order valence-corrected chi connectivity index (χ3v) is 7.63. The molecule has 3 aliphatic carbocycles. The van der Waals surface area contributed by atoms with Gasteiger partial charge in [0, 0.05) is 30.6 Å². The van der Waals surface area contributed by atoms with E-state index < -0.39 is 23.2 Å². The van der Waals surface area contributed by atoms with Gasteiger partial charge in [0.15, 0.2) is 5.78 Å². The van der Waals surface area contributed by atoms with Gasteiger partial charge >= 0.3 is 0 Å². The van der Waals surface area contributed by atoms with Crippen LogP contribution < -0.4 is 11.1 Å². The van der Waals surface area contributed by atoms with Gasteiger partial charge in [0.25, 0.3) is 5.91 Å². The molecule has 8 nitrogen and oxygen atoms in total. The molecule has 4 rings (SSSR count). The third-order valence-electron chi connectivity index (χ3n) is 7.63. The van der Waals surface area contributed by atoms with Gasteiger partial charge in [-0.15, -0.1) is 6.58 Å². The number of rotatable bonds is 6. The number of allylic oxidation sites excluding steroid dienone is 2. The molecule has 7 N–H and O–H groups in total. The van der Waals surface area contributed by atoms with Crippen molar-refractivity contribution in [3.8, 4) is 5.75 Å². The van der Waals surface area contributed by atoms with Crippen LogP contribution in [0.3, 0.4) is 0 Å². The average molecular weight is 469 g/mol. The van der Waals surface area contributed by atoms with Gasteiger partial charge in [-0.1, -0.05) is 19.1 Å². The molecule has 0 saturated carbocycles. The monoisotopic (exact) mass is 468 g/mol. The summed E-state index contributed by atoms with van der Waals surface area (Å²) in [6.07, 6.45) is 3.35. The van der Waals surface area contributed by atoms with E-state index in [0.717, 1.165) is 11.1 Å². The standard InChI is InChI=1S/C26H32N2O6/c1-4-6-28-11-15-7-12(5-2)16-9-13-8-14-10-17(29)21(25(27)33)26(3,34)20(14)24(32)18(13)23(31)19(16)22(15)30/h4,7,13-14,20,28-30,32,34H,1,5-6,8-11H2,2-3H3,(H2,27,33). The van der Waals surface area contributed by atoms with Crippen LogP contribution >= 0.6 is 0 Å². The maximum Gasteiger partial charge on any atom is 0.250 e. The molecule has 0 radical (unpaired) electrons. The Morgan fingerprint density at radius 1 is 1.29 bits per heavy atom. The van der Waals surface area contributed by atoms with E-state index in [-0.39, 0.29) is 52.2 Å². The van der Waals surface area contributed by atoms with E-state index in [2.05, 4.69) is 11.9 Å². The van der Waals surface area contributed by atoms with Crippen molar-refractivity contribution >= 4 is 11.7 Å². The van der Waals surface area contributed by atoms with Gasteiger partial charge in [-0.05, 0) is 49.1 Å². The van der Waals surface area contributed by atoms with Crippen molar-refractivity contribution in [1.82, 2.24) is 5.32 Å². The summed E-state index contributed by atoms with van der Waals surface area (Å²) in [6.45, 7) is 7.88. The van der Waals surface area contributed by atoms with Gasteiger partial charge in [0.2, 0.25) is 0 Å². The number of nitrogens with one attached hydrogen (secondary N) is 1. The lowest BCUT2D eigenvalue weighted by Crippen LogP contribution is -2.52. The smallest absolute Gasteiger partial charge is 0.250 e. The molecule has 8 heteroatoms. The SMILES string of the molecule is C=CCNCc1cc(CC)c2c(c1O)C(=O)C1=C(O)C3C(CC(O)=C(C(N)=O)C3(C)O)CC1C2. The predicted molar refractivity (Wildman–Crippen MR) is 126 cm³/mol. The summed E-state index contributed by atoms with van der Waals surface area (Å²) < 4.78 is 0. The van der Waals surface area contributed by atoms with E-state index in [4.69, 9.17) is 5.73 Å². The van der Waals surface area contributed by atoms with Crippen LogP contribution in [0.1, 0.15) is 53.7 Å². The van der Waals surface area contributed by atoms with Crippen molar-refractivity contribution < 1.29 is 30.0 Å². The van der Waals surface area contributed by atoms with Crippen LogP contribution in [0.5, 0.6) is 5.75 Å². The summed E-state index contributed by atoms with van der Waals surface area (Å²) in [5.74, 6) is -3.77. The Bertz CT molecular complexity index is 1150. The molecule has 4 atom stereocenters. The summed E-state index contributed by atoms with van der Waals surface area (Å²) >= 11 is 0. The zero-order valence-electron chi connectivity index (χ0n) is 19.5. The van der Waals surface area contributed by atoms with Crippen molar-refractivity contribution in [2.45, 2.75) is 51.7 Å². The van der Waals surface area contributed by atoms with Gasteiger partial charge in [-0.2, -0.15) is 0 Å². The number of hydrogen-bond donors (Lipinski definition) is 6.